The van der Waals surface area contributed by atoms with Gasteiger partial charge in [0.25, 0.3) is 0 Å². The Morgan fingerprint density at radius 1 is 1.13 bits per heavy atom. The molecule has 0 amide bonds. The van der Waals surface area contributed by atoms with E-state index >= 15 is 0 Å². The van der Waals surface area contributed by atoms with Gasteiger partial charge < -0.3 is 4.43 Å². The molecular weight excluding hydrogens is 200 g/mol. The van der Waals surface area contributed by atoms with Crippen LogP contribution in [0.3, 0.4) is 0 Å². The fourth-order valence-electron chi connectivity index (χ4n) is 2.57. The summed E-state index contributed by atoms with van der Waals surface area (Å²) < 4.78 is 6.18. The zero-order valence-electron chi connectivity index (χ0n) is 10.2. The Bertz CT molecular complexity index is 209. The molecule has 1 saturated carbocycles. The van der Waals surface area contributed by atoms with Crippen LogP contribution in [0.15, 0.2) is 24.6 Å². The van der Waals surface area contributed by atoms with Crippen LogP contribution in [0, 0.1) is 0 Å². The third kappa shape index (κ3) is 3.05. The minimum Gasteiger partial charge on any atom is -0.407 e. The van der Waals surface area contributed by atoms with Crippen LogP contribution in [0.5, 0.6) is 0 Å². The predicted octanol–water partition coefficient (Wildman–Crippen LogP) is 4.14. The van der Waals surface area contributed by atoms with Crippen molar-refractivity contribution in [3.63, 3.8) is 0 Å². The van der Waals surface area contributed by atoms with E-state index in [4.69, 9.17) is 4.43 Å². The molecule has 1 aliphatic carbocycles. The summed E-state index contributed by atoms with van der Waals surface area (Å²) in [6, 6.07) is 0. The highest BCUT2D eigenvalue weighted by atomic mass is 28.4. The summed E-state index contributed by atoms with van der Waals surface area (Å²) in [6.45, 7) is 12.2. The van der Waals surface area contributed by atoms with Crippen LogP contribution in [0.25, 0.3) is 0 Å². The smallest absolute Gasteiger partial charge is 0.243 e. The summed E-state index contributed by atoms with van der Waals surface area (Å²) in [5, 5.41) is 0. The molecular formula is C13H24OSi. The lowest BCUT2D eigenvalue weighted by Gasteiger charge is -2.37. The third-order valence-corrected chi connectivity index (χ3v) is 7.33. The average molecular weight is 224 g/mol. The van der Waals surface area contributed by atoms with E-state index in [9.17, 15) is 0 Å². The molecule has 1 nitrogen and oxygen atoms in total. The maximum absolute atomic E-state index is 6.18. The predicted molar refractivity (Wildman–Crippen MR) is 69.2 cm³/mol. The Kier molecular flexibility index (Phi) is 4.80. The summed E-state index contributed by atoms with van der Waals surface area (Å²) in [7, 11) is -1.88. The van der Waals surface area contributed by atoms with Crippen molar-refractivity contribution in [3.05, 3.63) is 24.6 Å². The van der Waals surface area contributed by atoms with E-state index in [1.807, 2.05) is 0 Å². The minimum atomic E-state index is -1.88. The first kappa shape index (κ1) is 12.7. The number of hydrogen-bond donors (Lipinski definition) is 0. The van der Waals surface area contributed by atoms with Gasteiger partial charge in [0.2, 0.25) is 8.32 Å². The molecule has 2 heteroatoms. The SMILES string of the molecule is C=C[Si](C=C)(OC(C)C)C1CCCCC1. The quantitative estimate of drug-likeness (QED) is 0.638. The van der Waals surface area contributed by atoms with Gasteiger partial charge in [-0.3, -0.25) is 0 Å². The monoisotopic (exact) mass is 224 g/mol. The van der Waals surface area contributed by atoms with E-state index in [1.54, 1.807) is 0 Å². The molecule has 0 aliphatic heterocycles. The van der Waals surface area contributed by atoms with Crippen molar-refractivity contribution < 1.29 is 4.43 Å². The highest BCUT2D eigenvalue weighted by Crippen LogP contribution is 2.39. The maximum Gasteiger partial charge on any atom is 0.243 e. The molecule has 1 rings (SSSR count). The molecule has 0 unspecified atom stereocenters. The summed E-state index contributed by atoms with van der Waals surface area (Å²) in [6.07, 6.45) is 6.98. The van der Waals surface area contributed by atoms with E-state index < -0.39 is 8.32 Å². The van der Waals surface area contributed by atoms with Crippen molar-refractivity contribution >= 4 is 8.32 Å². The lowest BCUT2D eigenvalue weighted by Crippen LogP contribution is -2.42. The summed E-state index contributed by atoms with van der Waals surface area (Å²) in [4.78, 5) is 0. The molecule has 0 bridgehead atoms. The molecule has 0 heterocycles. The number of rotatable bonds is 5. The van der Waals surface area contributed by atoms with Crippen LogP contribution in [0.4, 0.5) is 0 Å². The average Bonchev–Trinajstić information content (AvgIpc) is 2.27. The van der Waals surface area contributed by atoms with Crippen molar-refractivity contribution in [1.82, 2.24) is 0 Å². The van der Waals surface area contributed by atoms with Crippen molar-refractivity contribution in [2.24, 2.45) is 0 Å². The molecule has 0 aromatic heterocycles. The maximum atomic E-state index is 6.18. The largest absolute Gasteiger partial charge is 0.407 e. The fourth-order valence-corrected chi connectivity index (χ4v) is 5.92. The Morgan fingerprint density at radius 2 is 1.67 bits per heavy atom. The molecule has 0 N–H and O–H groups in total. The van der Waals surface area contributed by atoms with Crippen LogP contribution >= 0.6 is 0 Å². The minimum absolute atomic E-state index is 0.287. The van der Waals surface area contributed by atoms with Gasteiger partial charge in [-0.25, -0.2) is 0 Å². The Balaban J connectivity index is 2.77. The molecule has 0 aromatic rings. The van der Waals surface area contributed by atoms with Crippen LogP contribution < -0.4 is 0 Å². The normalized spacial score (nSPS) is 19.1. The first-order valence-electron chi connectivity index (χ1n) is 6.09. The van der Waals surface area contributed by atoms with E-state index in [0.717, 1.165) is 0 Å². The second kappa shape index (κ2) is 5.66. The molecule has 0 spiro atoms. The lowest BCUT2D eigenvalue weighted by molar-refractivity contribution is 0.225. The van der Waals surface area contributed by atoms with E-state index in [-0.39, 0.29) is 6.10 Å². The zero-order chi connectivity index (χ0) is 11.3. The van der Waals surface area contributed by atoms with Gasteiger partial charge in [0.1, 0.15) is 0 Å². The molecule has 0 atom stereocenters. The van der Waals surface area contributed by atoms with Gasteiger partial charge in [-0.1, -0.05) is 43.5 Å². The zero-order valence-corrected chi connectivity index (χ0v) is 11.2. The first-order chi connectivity index (χ1) is 7.14. The van der Waals surface area contributed by atoms with Gasteiger partial charge in [0, 0.05) is 6.10 Å². The fraction of sp³-hybridized carbons (Fsp3) is 0.692. The van der Waals surface area contributed by atoms with Gasteiger partial charge in [0.05, 0.1) is 0 Å². The number of hydrogen-bond acceptors (Lipinski definition) is 1. The lowest BCUT2D eigenvalue weighted by atomic mass is 10.0. The summed E-state index contributed by atoms with van der Waals surface area (Å²) >= 11 is 0. The van der Waals surface area contributed by atoms with Crippen LogP contribution in [-0.2, 0) is 4.43 Å². The van der Waals surface area contributed by atoms with Gasteiger partial charge in [-0.2, -0.15) is 0 Å². The third-order valence-electron chi connectivity index (χ3n) is 3.32. The standard InChI is InChI=1S/C13H24OSi/c1-5-15(6-2,14-12(3)4)13-10-8-7-9-11-13/h5-6,12-13H,1-2,7-11H2,3-4H3. The van der Waals surface area contributed by atoms with Gasteiger partial charge in [-0.05, 0) is 19.4 Å². The topological polar surface area (TPSA) is 9.23 Å². The van der Waals surface area contributed by atoms with E-state index in [1.165, 1.54) is 32.1 Å². The molecule has 1 fully saturated rings. The highest BCUT2D eigenvalue weighted by Gasteiger charge is 2.39. The second-order valence-corrected chi connectivity index (χ2v) is 8.34. The second-order valence-electron chi connectivity index (χ2n) is 4.76. The van der Waals surface area contributed by atoms with E-state index in [2.05, 4.69) is 38.4 Å². The molecule has 0 aromatic carbocycles. The van der Waals surface area contributed by atoms with Crippen LogP contribution in [0.1, 0.15) is 46.0 Å². The first-order valence-corrected chi connectivity index (χ1v) is 8.23. The van der Waals surface area contributed by atoms with Crippen molar-refractivity contribution in [3.8, 4) is 0 Å². The van der Waals surface area contributed by atoms with Crippen molar-refractivity contribution in [2.45, 2.75) is 57.6 Å². The molecule has 0 radical (unpaired) electrons. The Morgan fingerprint density at radius 3 is 2.07 bits per heavy atom. The van der Waals surface area contributed by atoms with Crippen LogP contribution in [0.2, 0.25) is 5.54 Å². The molecule has 1 aliphatic rings. The Hall–Kier alpha value is -0.343. The van der Waals surface area contributed by atoms with Crippen molar-refractivity contribution in [1.29, 1.82) is 0 Å². The molecule has 0 saturated heterocycles. The van der Waals surface area contributed by atoms with Gasteiger partial charge in [0.15, 0.2) is 0 Å². The van der Waals surface area contributed by atoms with Crippen molar-refractivity contribution in [2.75, 3.05) is 0 Å². The van der Waals surface area contributed by atoms with Gasteiger partial charge >= 0.3 is 0 Å². The van der Waals surface area contributed by atoms with E-state index in [0.29, 0.717) is 5.54 Å². The molecule has 86 valence electrons. The summed E-state index contributed by atoms with van der Waals surface area (Å²) in [5.74, 6) is 0. The molecule has 15 heavy (non-hydrogen) atoms. The van der Waals surface area contributed by atoms with Gasteiger partial charge in [-0.15, -0.1) is 13.2 Å². The highest BCUT2D eigenvalue weighted by molar-refractivity contribution is 6.84. The summed E-state index contributed by atoms with van der Waals surface area (Å²) in [5.41, 5.74) is 4.87. The van der Waals surface area contributed by atoms with Crippen LogP contribution in [-0.4, -0.2) is 14.4 Å². The Labute approximate surface area is 95.4 Å².